The molecule has 0 aliphatic carbocycles. The van der Waals surface area contributed by atoms with Crippen LogP contribution in [0, 0.1) is 0 Å². The molecule has 88 valence electrons. The fraction of sp³-hybridized carbons (Fsp3) is 0.364. The number of halogens is 2. The van der Waals surface area contributed by atoms with Gasteiger partial charge in [0, 0.05) is 18.3 Å². The molecule has 1 atom stereocenters. The number of hydrogen-bond acceptors (Lipinski definition) is 2. The summed E-state index contributed by atoms with van der Waals surface area (Å²) < 4.78 is 24.6. The highest BCUT2D eigenvalue weighted by Gasteiger charge is 2.13. The molecular formula is C11H14F2N2O. The average molecular weight is 228 g/mol. The van der Waals surface area contributed by atoms with Gasteiger partial charge in [0.2, 0.25) is 5.91 Å². The van der Waals surface area contributed by atoms with Crippen LogP contribution in [0.15, 0.2) is 24.3 Å². The summed E-state index contributed by atoms with van der Waals surface area (Å²) >= 11 is 0. The summed E-state index contributed by atoms with van der Waals surface area (Å²) in [4.78, 5) is 10.8. The Morgan fingerprint density at radius 1 is 1.31 bits per heavy atom. The van der Waals surface area contributed by atoms with Crippen molar-refractivity contribution in [3.63, 3.8) is 0 Å². The summed E-state index contributed by atoms with van der Waals surface area (Å²) in [5, 5.41) is 5.23. The van der Waals surface area contributed by atoms with Crippen LogP contribution >= 0.6 is 0 Å². The number of carbonyl (C=O) groups excluding carboxylic acids is 1. The van der Waals surface area contributed by atoms with Crippen molar-refractivity contribution >= 4 is 17.3 Å². The van der Waals surface area contributed by atoms with Crippen LogP contribution in [0.3, 0.4) is 0 Å². The van der Waals surface area contributed by atoms with Crippen molar-refractivity contribution in [3.8, 4) is 0 Å². The molecule has 1 aromatic carbocycles. The molecule has 0 saturated carbocycles. The number of alkyl halides is 2. The lowest BCUT2D eigenvalue weighted by atomic mass is 10.2. The van der Waals surface area contributed by atoms with E-state index in [0.29, 0.717) is 11.4 Å². The number of rotatable bonds is 4. The molecule has 2 N–H and O–H groups in total. The van der Waals surface area contributed by atoms with Gasteiger partial charge in [0.05, 0.1) is 6.04 Å². The van der Waals surface area contributed by atoms with Crippen molar-refractivity contribution in [1.29, 1.82) is 0 Å². The molecule has 0 radical (unpaired) electrons. The van der Waals surface area contributed by atoms with Crippen molar-refractivity contribution < 1.29 is 13.6 Å². The third-order valence-electron chi connectivity index (χ3n) is 1.96. The van der Waals surface area contributed by atoms with Crippen LogP contribution in [-0.4, -0.2) is 18.4 Å². The van der Waals surface area contributed by atoms with E-state index in [4.69, 9.17) is 0 Å². The van der Waals surface area contributed by atoms with Gasteiger partial charge in [0.15, 0.2) is 0 Å². The molecule has 1 unspecified atom stereocenters. The van der Waals surface area contributed by atoms with Crippen LogP contribution < -0.4 is 10.6 Å². The van der Waals surface area contributed by atoms with E-state index in [2.05, 4.69) is 10.6 Å². The molecule has 1 rings (SSSR count). The fourth-order valence-corrected chi connectivity index (χ4v) is 1.22. The van der Waals surface area contributed by atoms with E-state index in [-0.39, 0.29) is 5.91 Å². The largest absolute Gasteiger partial charge is 0.377 e. The topological polar surface area (TPSA) is 41.1 Å². The summed E-state index contributed by atoms with van der Waals surface area (Å²) in [6, 6.07) is 5.74. The van der Waals surface area contributed by atoms with E-state index in [9.17, 15) is 13.6 Å². The van der Waals surface area contributed by atoms with Gasteiger partial charge in [-0.25, -0.2) is 8.78 Å². The summed E-state index contributed by atoms with van der Waals surface area (Å²) in [7, 11) is 0. The predicted molar refractivity (Wildman–Crippen MR) is 59.8 cm³/mol. The summed E-state index contributed by atoms with van der Waals surface area (Å²) in [6.07, 6.45) is -2.43. The van der Waals surface area contributed by atoms with Crippen LogP contribution in [0.4, 0.5) is 20.2 Å². The molecular weight excluding hydrogens is 214 g/mol. The zero-order valence-corrected chi connectivity index (χ0v) is 9.13. The third kappa shape index (κ3) is 3.84. The first-order valence-corrected chi connectivity index (χ1v) is 4.91. The highest BCUT2D eigenvalue weighted by Crippen LogP contribution is 2.17. The molecule has 16 heavy (non-hydrogen) atoms. The minimum Gasteiger partial charge on any atom is -0.377 e. The molecule has 1 aromatic rings. The lowest BCUT2D eigenvalue weighted by molar-refractivity contribution is -0.114. The molecule has 0 aliphatic heterocycles. The highest BCUT2D eigenvalue weighted by atomic mass is 19.3. The maximum Gasteiger partial charge on any atom is 0.258 e. The first kappa shape index (κ1) is 12.4. The molecule has 0 bridgehead atoms. The van der Waals surface area contributed by atoms with E-state index in [0.717, 1.165) is 0 Å². The second-order valence-electron chi connectivity index (χ2n) is 3.53. The van der Waals surface area contributed by atoms with Gasteiger partial charge in [0.25, 0.3) is 6.43 Å². The van der Waals surface area contributed by atoms with E-state index < -0.39 is 12.5 Å². The molecule has 1 amide bonds. The Morgan fingerprint density at radius 2 is 1.94 bits per heavy atom. The Hall–Kier alpha value is -1.65. The van der Waals surface area contributed by atoms with E-state index >= 15 is 0 Å². The van der Waals surface area contributed by atoms with Gasteiger partial charge in [-0.15, -0.1) is 0 Å². The predicted octanol–water partition coefficient (Wildman–Crippen LogP) is 2.71. The summed E-state index contributed by atoms with van der Waals surface area (Å²) in [6.45, 7) is 2.79. The van der Waals surface area contributed by atoms with E-state index in [1.165, 1.54) is 13.8 Å². The van der Waals surface area contributed by atoms with Crippen molar-refractivity contribution in [2.45, 2.75) is 26.3 Å². The van der Waals surface area contributed by atoms with Gasteiger partial charge in [-0.2, -0.15) is 0 Å². The second kappa shape index (κ2) is 5.44. The summed E-state index contributed by atoms with van der Waals surface area (Å²) in [5.74, 6) is -0.195. The molecule has 0 aliphatic rings. The van der Waals surface area contributed by atoms with Gasteiger partial charge in [-0.1, -0.05) is 6.07 Å². The van der Waals surface area contributed by atoms with Gasteiger partial charge in [-0.3, -0.25) is 4.79 Å². The standard InChI is InChI=1S/C11H14F2N2O/c1-7(11(12)13)14-9-4-3-5-10(6-9)15-8(2)16/h3-7,11,14H,1-2H3,(H,15,16). The Balaban J connectivity index is 2.70. The summed E-state index contributed by atoms with van der Waals surface area (Å²) in [5.41, 5.74) is 1.14. The normalized spacial score (nSPS) is 12.3. The number of nitrogens with one attached hydrogen (secondary N) is 2. The molecule has 0 aromatic heterocycles. The van der Waals surface area contributed by atoms with Gasteiger partial charge < -0.3 is 10.6 Å². The van der Waals surface area contributed by atoms with Crippen LogP contribution in [0.1, 0.15) is 13.8 Å². The number of amides is 1. The SMILES string of the molecule is CC(=O)Nc1cccc(NC(C)C(F)F)c1. The first-order valence-electron chi connectivity index (χ1n) is 4.91. The smallest absolute Gasteiger partial charge is 0.258 e. The maximum atomic E-state index is 12.3. The zero-order chi connectivity index (χ0) is 12.1. The van der Waals surface area contributed by atoms with Gasteiger partial charge in [0.1, 0.15) is 0 Å². The lowest BCUT2D eigenvalue weighted by Gasteiger charge is -2.14. The number of carbonyl (C=O) groups is 1. The average Bonchev–Trinajstić information content (AvgIpc) is 2.16. The van der Waals surface area contributed by atoms with Crippen molar-refractivity contribution in [2.24, 2.45) is 0 Å². The highest BCUT2D eigenvalue weighted by molar-refractivity contribution is 5.89. The molecule has 3 nitrogen and oxygen atoms in total. The molecule has 0 fully saturated rings. The Bertz CT molecular complexity index is 369. The monoisotopic (exact) mass is 228 g/mol. The van der Waals surface area contributed by atoms with Crippen molar-refractivity contribution in [3.05, 3.63) is 24.3 Å². The molecule has 0 saturated heterocycles. The van der Waals surface area contributed by atoms with Gasteiger partial charge in [-0.05, 0) is 25.1 Å². The lowest BCUT2D eigenvalue weighted by Crippen LogP contribution is -2.23. The third-order valence-corrected chi connectivity index (χ3v) is 1.96. The van der Waals surface area contributed by atoms with E-state index in [1.54, 1.807) is 24.3 Å². The number of benzene rings is 1. The minimum absolute atomic E-state index is 0.195. The Morgan fingerprint density at radius 3 is 2.50 bits per heavy atom. The molecule has 5 heteroatoms. The maximum absolute atomic E-state index is 12.3. The Kier molecular flexibility index (Phi) is 4.22. The van der Waals surface area contributed by atoms with Gasteiger partial charge >= 0.3 is 0 Å². The van der Waals surface area contributed by atoms with Crippen LogP contribution in [0.5, 0.6) is 0 Å². The van der Waals surface area contributed by atoms with Crippen molar-refractivity contribution in [1.82, 2.24) is 0 Å². The molecule has 0 heterocycles. The number of hydrogen-bond donors (Lipinski definition) is 2. The molecule has 0 spiro atoms. The van der Waals surface area contributed by atoms with Crippen LogP contribution in [0.25, 0.3) is 0 Å². The van der Waals surface area contributed by atoms with Crippen LogP contribution in [-0.2, 0) is 4.79 Å². The Labute approximate surface area is 92.8 Å². The zero-order valence-electron chi connectivity index (χ0n) is 9.13. The minimum atomic E-state index is -2.43. The first-order chi connectivity index (χ1) is 7.49. The second-order valence-corrected chi connectivity index (χ2v) is 3.53. The van der Waals surface area contributed by atoms with Crippen molar-refractivity contribution in [2.75, 3.05) is 10.6 Å². The number of anilines is 2. The van der Waals surface area contributed by atoms with Crippen LogP contribution in [0.2, 0.25) is 0 Å². The van der Waals surface area contributed by atoms with E-state index in [1.807, 2.05) is 0 Å². The quantitative estimate of drug-likeness (QED) is 0.831. The fourth-order valence-electron chi connectivity index (χ4n) is 1.22.